The predicted octanol–water partition coefficient (Wildman–Crippen LogP) is 0.567. The number of hydrogen-bond acceptors (Lipinski definition) is 5. The van der Waals surface area contributed by atoms with E-state index in [4.69, 9.17) is 10.5 Å². The van der Waals surface area contributed by atoms with Gasteiger partial charge >= 0.3 is 6.09 Å². The predicted molar refractivity (Wildman–Crippen MR) is 70.5 cm³/mol. The zero-order chi connectivity index (χ0) is 14.8. The molecule has 0 heterocycles. The third-order valence-corrected chi connectivity index (χ3v) is 3.20. The van der Waals surface area contributed by atoms with Gasteiger partial charge in [0.15, 0.2) is 5.78 Å². The fourth-order valence-electron chi connectivity index (χ4n) is 1.92. The average molecular weight is 272 g/mol. The summed E-state index contributed by atoms with van der Waals surface area (Å²) >= 11 is 0. The van der Waals surface area contributed by atoms with E-state index in [9.17, 15) is 14.7 Å². The van der Waals surface area contributed by atoms with Gasteiger partial charge in [0.25, 0.3) is 0 Å². The van der Waals surface area contributed by atoms with Crippen molar-refractivity contribution in [3.8, 4) is 0 Å². The number of nitrogens with two attached hydrogens (primary N) is 1. The Morgan fingerprint density at radius 3 is 2.32 bits per heavy atom. The first-order valence-electron chi connectivity index (χ1n) is 6.58. The highest BCUT2D eigenvalue weighted by atomic mass is 16.6. The molecule has 0 aromatic carbocycles. The first-order chi connectivity index (χ1) is 8.61. The van der Waals surface area contributed by atoms with Crippen LogP contribution < -0.4 is 11.1 Å². The van der Waals surface area contributed by atoms with Crippen LogP contribution in [-0.4, -0.2) is 40.8 Å². The summed E-state index contributed by atoms with van der Waals surface area (Å²) in [6, 6.07) is -0.869. The molecule has 1 saturated carbocycles. The molecule has 4 atom stereocenters. The number of carbonyl (C=O) groups excluding carboxylic acids is 2. The van der Waals surface area contributed by atoms with Crippen molar-refractivity contribution in [2.75, 3.05) is 0 Å². The van der Waals surface area contributed by atoms with Crippen LogP contribution in [0.15, 0.2) is 0 Å². The lowest BCUT2D eigenvalue weighted by atomic mass is 9.75. The maximum absolute atomic E-state index is 11.9. The average Bonchev–Trinajstić information content (AvgIpc) is 2.22. The molecule has 0 bridgehead atoms. The SMILES string of the molecule is CC(NC(=O)OC(C)(C)C)C(O)C(=O)C1CCC1N. The molecule has 1 rings (SSSR count). The van der Waals surface area contributed by atoms with Crippen molar-refractivity contribution in [1.29, 1.82) is 0 Å². The number of Topliss-reactive ketones (excluding diaryl/α,β-unsaturated/α-hetero) is 1. The molecule has 19 heavy (non-hydrogen) atoms. The molecule has 4 N–H and O–H groups in total. The minimum absolute atomic E-state index is 0.170. The third kappa shape index (κ3) is 4.47. The van der Waals surface area contributed by atoms with E-state index in [2.05, 4.69) is 5.32 Å². The maximum Gasteiger partial charge on any atom is 0.407 e. The zero-order valence-corrected chi connectivity index (χ0v) is 12.0. The molecular weight excluding hydrogens is 248 g/mol. The van der Waals surface area contributed by atoms with Gasteiger partial charge < -0.3 is 20.9 Å². The maximum atomic E-state index is 11.9. The number of alkyl carbamates (subject to hydrolysis) is 1. The molecule has 0 aromatic rings. The molecule has 6 heteroatoms. The van der Waals surface area contributed by atoms with Crippen LogP contribution in [0.5, 0.6) is 0 Å². The van der Waals surface area contributed by atoms with E-state index in [0.29, 0.717) is 6.42 Å². The molecule has 0 aromatic heterocycles. The number of aliphatic hydroxyl groups is 1. The minimum Gasteiger partial charge on any atom is -0.444 e. The van der Waals surface area contributed by atoms with E-state index in [1.807, 2.05) is 0 Å². The molecule has 0 radical (unpaired) electrons. The van der Waals surface area contributed by atoms with Gasteiger partial charge in [0.2, 0.25) is 0 Å². The Bertz CT molecular complexity index is 351. The number of aliphatic hydroxyl groups excluding tert-OH is 1. The largest absolute Gasteiger partial charge is 0.444 e. The van der Waals surface area contributed by atoms with Crippen LogP contribution in [0.3, 0.4) is 0 Å². The number of rotatable bonds is 4. The van der Waals surface area contributed by atoms with Crippen LogP contribution in [-0.2, 0) is 9.53 Å². The second-order valence-corrected chi connectivity index (χ2v) is 6.13. The second-order valence-electron chi connectivity index (χ2n) is 6.13. The molecule has 1 amide bonds. The summed E-state index contributed by atoms with van der Waals surface area (Å²) in [5, 5.41) is 12.4. The Labute approximate surface area is 113 Å². The number of nitrogens with one attached hydrogen (secondary N) is 1. The second kappa shape index (κ2) is 5.88. The molecule has 1 aliphatic carbocycles. The first-order valence-corrected chi connectivity index (χ1v) is 6.58. The van der Waals surface area contributed by atoms with Crippen LogP contribution >= 0.6 is 0 Å². The summed E-state index contributed by atoms with van der Waals surface area (Å²) in [7, 11) is 0. The van der Waals surface area contributed by atoms with Gasteiger partial charge in [0.1, 0.15) is 11.7 Å². The molecule has 6 nitrogen and oxygen atoms in total. The summed E-state index contributed by atoms with van der Waals surface area (Å²) in [4.78, 5) is 23.5. The molecular formula is C13H24N2O4. The molecule has 0 aliphatic heterocycles. The highest BCUT2D eigenvalue weighted by Gasteiger charge is 2.39. The van der Waals surface area contributed by atoms with E-state index < -0.39 is 23.8 Å². The topological polar surface area (TPSA) is 102 Å². The highest BCUT2D eigenvalue weighted by molar-refractivity contribution is 5.87. The molecule has 4 unspecified atom stereocenters. The van der Waals surface area contributed by atoms with Crippen molar-refractivity contribution in [2.24, 2.45) is 11.7 Å². The van der Waals surface area contributed by atoms with Crippen LogP contribution in [0.4, 0.5) is 4.79 Å². The molecule has 1 aliphatic rings. The van der Waals surface area contributed by atoms with Crippen molar-refractivity contribution in [3.05, 3.63) is 0 Å². The van der Waals surface area contributed by atoms with Crippen LogP contribution in [0.1, 0.15) is 40.5 Å². The zero-order valence-electron chi connectivity index (χ0n) is 12.0. The first kappa shape index (κ1) is 15.9. The minimum atomic E-state index is -1.25. The van der Waals surface area contributed by atoms with E-state index in [1.165, 1.54) is 0 Å². The van der Waals surface area contributed by atoms with Gasteiger partial charge in [-0.1, -0.05) is 0 Å². The number of ether oxygens (including phenoxy) is 1. The summed E-state index contributed by atoms with van der Waals surface area (Å²) in [5.74, 6) is -0.597. The van der Waals surface area contributed by atoms with E-state index in [0.717, 1.165) is 6.42 Å². The Morgan fingerprint density at radius 1 is 1.37 bits per heavy atom. The van der Waals surface area contributed by atoms with Crippen LogP contribution in [0.2, 0.25) is 0 Å². The van der Waals surface area contributed by atoms with Crippen LogP contribution in [0, 0.1) is 5.92 Å². The Balaban J connectivity index is 2.46. The Hall–Kier alpha value is -1.14. The lowest BCUT2D eigenvalue weighted by molar-refractivity contribution is -0.135. The van der Waals surface area contributed by atoms with Crippen molar-refractivity contribution < 1.29 is 19.4 Å². The molecule has 0 saturated heterocycles. The standard InChI is InChI=1S/C13H24N2O4/c1-7(15-12(18)19-13(2,3)4)10(16)11(17)8-5-6-9(8)14/h7-10,16H,5-6,14H2,1-4H3,(H,15,18). The molecule has 0 spiro atoms. The van der Waals surface area contributed by atoms with Crippen molar-refractivity contribution in [1.82, 2.24) is 5.32 Å². The van der Waals surface area contributed by atoms with Crippen molar-refractivity contribution in [3.63, 3.8) is 0 Å². The summed E-state index contributed by atoms with van der Waals surface area (Å²) in [6.07, 6.45) is -0.388. The third-order valence-electron chi connectivity index (χ3n) is 3.20. The van der Waals surface area contributed by atoms with Gasteiger partial charge in [-0.25, -0.2) is 4.79 Å². The lowest BCUT2D eigenvalue weighted by Crippen LogP contribution is -2.53. The molecule has 1 fully saturated rings. The van der Waals surface area contributed by atoms with Gasteiger partial charge in [-0.05, 0) is 40.5 Å². The number of hydrogen-bond donors (Lipinski definition) is 3. The van der Waals surface area contributed by atoms with Gasteiger partial charge in [0.05, 0.1) is 6.04 Å². The van der Waals surface area contributed by atoms with Crippen LogP contribution in [0.25, 0.3) is 0 Å². The van der Waals surface area contributed by atoms with Crippen molar-refractivity contribution in [2.45, 2.75) is 64.3 Å². The van der Waals surface area contributed by atoms with E-state index >= 15 is 0 Å². The molecule has 110 valence electrons. The highest BCUT2D eigenvalue weighted by Crippen LogP contribution is 2.27. The van der Waals surface area contributed by atoms with Gasteiger partial charge in [-0.3, -0.25) is 4.79 Å². The summed E-state index contributed by atoms with van der Waals surface area (Å²) in [5.41, 5.74) is 5.09. The van der Waals surface area contributed by atoms with Crippen molar-refractivity contribution >= 4 is 11.9 Å². The Morgan fingerprint density at radius 2 is 1.95 bits per heavy atom. The number of ketones is 1. The smallest absolute Gasteiger partial charge is 0.407 e. The van der Waals surface area contributed by atoms with Gasteiger partial charge in [0, 0.05) is 12.0 Å². The summed E-state index contributed by atoms with van der Waals surface area (Å²) < 4.78 is 5.06. The fraction of sp³-hybridized carbons (Fsp3) is 0.846. The van der Waals surface area contributed by atoms with Gasteiger partial charge in [-0.15, -0.1) is 0 Å². The number of carbonyl (C=O) groups is 2. The monoisotopic (exact) mass is 272 g/mol. The fourth-order valence-corrected chi connectivity index (χ4v) is 1.92. The van der Waals surface area contributed by atoms with Gasteiger partial charge in [-0.2, -0.15) is 0 Å². The van der Waals surface area contributed by atoms with E-state index in [1.54, 1.807) is 27.7 Å². The quantitative estimate of drug-likeness (QED) is 0.694. The Kier molecular flexibility index (Phi) is 4.92. The normalized spacial score (nSPS) is 26.0. The number of amides is 1. The lowest BCUT2D eigenvalue weighted by Gasteiger charge is -2.34. The van der Waals surface area contributed by atoms with E-state index in [-0.39, 0.29) is 17.7 Å². The summed E-state index contributed by atoms with van der Waals surface area (Å²) in [6.45, 7) is 6.79.